The fraction of sp³-hybridized carbons (Fsp3) is 0.750. The van der Waals surface area contributed by atoms with Crippen molar-refractivity contribution in [2.45, 2.75) is 12.5 Å². The van der Waals surface area contributed by atoms with Crippen molar-refractivity contribution in [3.63, 3.8) is 0 Å². The zero-order chi connectivity index (χ0) is 8.85. The first-order valence-electron chi connectivity index (χ1n) is 2.68. The Bertz CT molecular complexity index is 159. The number of aliphatic hydroxyl groups is 1. The molecule has 0 aromatic rings. The van der Waals surface area contributed by atoms with Gasteiger partial charge >= 0.3 is 5.97 Å². The van der Waals surface area contributed by atoms with Gasteiger partial charge < -0.3 is 13.8 Å². The standard InChI is InChI=1S/C4H8O5S2/c5-3(1-2-10)4(6)9-11(7)8/h3,5,10H,1-2H2,(H,7,8)/p-1. The molecule has 0 saturated carbocycles. The maximum Gasteiger partial charge on any atom is 0.348 e. The molecule has 0 rings (SSSR count). The summed E-state index contributed by atoms with van der Waals surface area (Å²) in [7, 11) is 0. The van der Waals surface area contributed by atoms with Crippen LogP contribution in [0.5, 0.6) is 0 Å². The molecule has 2 atom stereocenters. The van der Waals surface area contributed by atoms with E-state index in [-0.39, 0.29) is 12.2 Å². The van der Waals surface area contributed by atoms with E-state index in [9.17, 15) is 13.6 Å². The third kappa shape index (κ3) is 5.19. The minimum atomic E-state index is -2.90. The molecule has 1 N–H and O–H groups in total. The molecule has 0 fully saturated rings. The molecule has 0 bridgehead atoms. The Balaban J connectivity index is 3.73. The highest BCUT2D eigenvalue weighted by Gasteiger charge is 2.15. The van der Waals surface area contributed by atoms with E-state index < -0.39 is 23.4 Å². The summed E-state index contributed by atoms with van der Waals surface area (Å²) < 4.78 is 23.1. The topological polar surface area (TPSA) is 86.7 Å². The first-order valence-corrected chi connectivity index (χ1v) is 4.31. The van der Waals surface area contributed by atoms with Gasteiger partial charge in [0.2, 0.25) is 0 Å². The molecule has 0 radical (unpaired) electrons. The van der Waals surface area contributed by atoms with Gasteiger partial charge in [-0.15, -0.1) is 0 Å². The third-order valence-corrected chi connectivity index (χ3v) is 1.38. The van der Waals surface area contributed by atoms with Crippen LogP contribution >= 0.6 is 12.6 Å². The van der Waals surface area contributed by atoms with E-state index in [1.807, 2.05) is 0 Å². The molecule has 2 unspecified atom stereocenters. The number of carbonyl (C=O) groups is 1. The molecule has 0 heterocycles. The van der Waals surface area contributed by atoms with Crippen LogP contribution in [0.25, 0.3) is 0 Å². The molecule has 0 aliphatic carbocycles. The lowest BCUT2D eigenvalue weighted by Gasteiger charge is -2.09. The number of hydrogen-bond acceptors (Lipinski definition) is 6. The summed E-state index contributed by atoms with van der Waals surface area (Å²) in [6.45, 7) is 0. The molecule has 7 heteroatoms. The third-order valence-electron chi connectivity index (χ3n) is 0.825. The minimum Gasteiger partial charge on any atom is -0.740 e. The molecule has 0 aromatic carbocycles. The SMILES string of the molecule is O=C(OS(=O)[O-])C(O)CCS. The Kier molecular flexibility index (Phi) is 5.47. The van der Waals surface area contributed by atoms with Crippen LogP contribution in [0.4, 0.5) is 0 Å². The van der Waals surface area contributed by atoms with E-state index in [2.05, 4.69) is 16.8 Å². The van der Waals surface area contributed by atoms with Gasteiger partial charge in [0.25, 0.3) is 0 Å². The second-order valence-corrected chi connectivity index (χ2v) is 2.66. The van der Waals surface area contributed by atoms with Gasteiger partial charge in [-0.3, -0.25) is 0 Å². The molecule has 11 heavy (non-hydrogen) atoms. The van der Waals surface area contributed by atoms with Crippen molar-refractivity contribution in [3.8, 4) is 0 Å². The summed E-state index contributed by atoms with van der Waals surface area (Å²) >= 11 is 0.819. The van der Waals surface area contributed by atoms with Crippen molar-refractivity contribution >= 4 is 30.0 Å². The number of thiol groups is 1. The summed E-state index contributed by atoms with van der Waals surface area (Å²) in [6, 6.07) is 0. The highest BCUT2D eigenvalue weighted by atomic mass is 32.2. The summed E-state index contributed by atoms with van der Waals surface area (Å²) in [4.78, 5) is 10.4. The van der Waals surface area contributed by atoms with Crippen LogP contribution in [0.15, 0.2) is 0 Å². The predicted octanol–water partition coefficient (Wildman–Crippen LogP) is -0.996. The van der Waals surface area contributed by atoms with Crippen LogP contribution in [0.1, 0.15) is 6.42 Å². The normalized spacial score (nSPS) is 15.5. The summed E-state index contributed by atoms with van der Waals surface area (Å²) in [5, 5.41) is 8.77. The number of aliphatic hydroxyl groups excluding tert-OH is 1. The van der Waals surface area contributed by atoms with Crippen molar-refractivity contribution < 1.29 is 22.8 Å². The Morgan fingerprint density at radius 2 is 2.36 bits per heavy atom. The van der Waals surface area contributed by atoms with E-state index in [1.165, 1.54) is 0 Å². The summed E-state index contributed by atoms with van der Waals surface area (Å²) in [6.07, 6.45) is -1.34. The van der Waals surface area contributed by atoms with Crippen LogP contribution in [-0.4, -0.2) is 31.7 Å². The predicted molar refractivity (Wildman–Crippen MR) is 39.5 cm³/mol. The van der Waals surface area contributed by atoms with Gasteiger partial charge in [0.15, 0.2) is 6.10 Å². The average molecular weight is 199 g/mol. The van der Waals surface area contributed by atoms with Crippen LogP contribution in [-0.2, 0) is 20.3 Å². The second kappa shape index (κ2) is 5.53. The monoisotopic (exact) mass is 199 g/mol. The molecule has 0 aromatic heterocycles. The smallest absolute Gasteiger partial charge is 0.348 e. The Morgan fingerprint density at radius 3 is 2.73 bits per heavy atom. The second-order valence-electron chi connectivity index (χ2n) is 1.63. The maximum absolute atomic E-state index is 10.4. The highest BCUT2D eigenvalue weighted by Crippen LogP contribution is 1.97. The van der Waals surface area contributed by atoms with E-state index in [1.54, 1.807) is 0 Å². The van der Waals surface area contributed by atoms with Gasteiger partial charge in [0.05, 0.1) is 0 Å². The van der Waals surface area contributed by atoms with E-state index >= 15 is 0 Å². The van der Waals surface area contributed by atoms with Crippen LogP contribution < -0.4 is 0 Å². The van der Waals surface area contributed by atoms with E-state index in [0.29, 0.717) is 0 Å². The molecule has 0 aliphatic rings. The van der Waals surface area contributed by atoms with Crippen molar-refractivity contribution in [3.05, 3.63) is 0 Å². The lowest BCUT2D eigenvalue weighted by molar-refractivity contribution is -0.143. The van der Waals surface area contributed by atoms with E-state index in [4.69, 9.17) is 5.11 Å². The van der Waals surface area contributed by atoms with Crippen molar-refractivity contribution in [1.29, 1.82) is 0 Å². The Labute approximate surface area is 71.6 Å². The van der Waals surface area contributed by atoms with E-state index in [0.717, 1.165) is 0 Å². The summed E-state index contributed by atoms with van der Waals surface area (Å²) in [5.74, 6) is -0.894. The Morgan fingerprint density at radius 1 is 1.82 bits per heavy atom. The van der Waals surface area contributed by atoms with Crippen LogP contribution in [0.2, 0.25) is 0 Å². The van der Waals surface area contributed by atoms with Crippen molar-refractivity contribution in [2.75, 3.05) is 5.75 Å². The lowest BCUT2D eigenvalue weighted by atomic mass is 10.3. The van der Waals surface area contributed by atoms with Gasteiger partial charge in [-0.05, 0) is 12.2 Å². The first kappa shape index (κ1) is 10.9. The molecule has 0 amide bonds. The van der Waals surface area contributed by atoms with Gasteiger partial charge in [-0.25, -0.2) is 9.00 Å². The molecule has 5 nitrogen and oxygen atoms in total. The molecule has 0 aliphatic heterocycles. The number of rotatable bonds is 4. The van der Waals surface area contributed by atoms with Gasteiger partial charge in [0, 0.05) is 0 Å². The molecule has 0 saturated heterocycles. The molecule has 0 spiro atoms. The van der Waals surface area contributed by atoms with Crippen LogP contribution in [0, 0.1) is 0 Å². The highest BCUT2D eigenvalue weighted by molar-refractivity contribution is 7.80. The lowest BCUT2D eigenvalue weighted by Crippen LogP contribution is -2.24. The minimum absolute atomic E-state index is 0.0686. The molecular weight excluding hydrogens is 192 g/mol. The zero-order valence-electron chi connectivity index (χ0n) is 5.43. The zero-order valence-corrected chi connectivity index (χ0v) is 7.14. The summed E-state index contributed by atoms with van der Waals surface area (Å²) in [5.41, 5.74) is 0. The Hall–Kier alpha value is -0.110. The van der Waals surface area contributed by atoms with Crippen molar-refractivity contribution in [2.24, 2.45) is 0 Å². The molecule has 66 valence electrons. The fourth-order valence-corrected chi connectivity index (χ4v) is 0.853. The fourth-order valence-electron chi connectivity index (χ4n) is 0.363. The van der Waals surface area contributed by atoms with Crippen molar-refractivity contribution in [1.82, 2.24) is 0 Å². The molecular formula is C4H7O5S2-. The van der Waals surface area contributed by atoms with Gasteiger partial charge in [-0.2, -0.15) is 12.6 Å². The average Bonchev–Trinajstić information content (AvgIpc) is 1.86. The number of carbonyl (C=O) groups excluding carboxylic acids is 1. The maximum atomic E-state index is 10.4. The van der Waals surface area contributed by atoms with Gasteiger partial charge in [-0.1, -0.05) is 0 Å². The first-order chi connectivity index (χ1) is 5.07. The van der Waals surface area contributed by atoms with Crippen LogP contribution in [0.3, 0.4) is 0 Å². The largest absolute Gasteiger partial charge is 0.740 e. The number of hydrogen-bond donors (Lipinski definition) is 2. The quantitative estimate of drug-likeness (QED) is 0.448. The van der Waals surface area contributed by atoms with Gasteiger partial charge in [0.1, 0.15) is 11.4 Å².